The quantitative estimate of drug-likeness (QED) is 0.596. The number of anilines is 1. The van der Waals surface area contributed by atoms with Gasteiger partial charge in [0, 0.05) is 15.9 Å². The Bertz CT molecular complexity index is 873. The van der Waals surface area contributed by atoms with Gasteiger partial charge in [0.25, 0.3) is 0 Å². The Balaban J connectivity index is 2.15. The number of Topliss-reactive ketones (excluding diaryl/α,β-unsaturated/α-hetero) is 1. The largest absolute Gasteiger partial charge is 0.454 e. The fourth-order valence-corrected chi connectivity index (χ4v) is 3.32. The molecule has 1 N–H and O–H groups in total. The molecule has 0 spiro atoms. The second-order valence-corrected chi connectivity index (χ2v) is 8.78. The van der Waals surface area contributed by atoms with E-state index in [4.69, 9.17) is 4.74 Å². The molecule has 1 aromatic heterocycles. The van der Waals surface area contributed by atoms with E-state index in [1.807, 2.05) is 26.0 Å². The Morgan fingerprint density at radius 3 is 2.19 bits per heavy atom. The molecule has 144 valence electrons. The van der Waals surface area contributed by atoms with Crippen molar-refractivity contribution in [2.24, 2.45) is 5.41 Å². The fourth-order valence-electron chi connectivity index (χ4n) is 2.28. The van der Waals surface area contributed by atoms with Crippen molar-refractivity contribution in [3.05, 3.63) is 51.4 Å². The van der Waals surface area contributed by atoms with Crippen LogP contribution in [0.4, 0.5) is 5.00 Å². The molecular weight excluding hydrogens is 362 g/mol. The molecule has 0 fully saturated rings. The molecule has 0 atom stereocenters. The smallest absolute Gasteiger partial charge is 0.341 e. The molecule has 6 heteroatoms. The molecule has 1 heterocycles. The van der Waals surface area contributed by atoms with Crippen molar-refractivity contribution in [1.29, 1.82) is 0 Å². The molecule has 5 nitrogen and oxygen atoms in total. The van der Waals surface area contributed by atoms with Gasteiger partial charge in [-0.15, -0.1) is 11.3 Å². The molecule has 0 unspecified atom stereocenters. The maximum atomic E-state index is 12.6. The lowest BCUT2D eigenvalue weighted by Crippen LogP contribution is -2.28. The number of amides is 1. The monoisotopic (exact) mass is 387 g/mol. The van der Waals surface area contributed by atoms with Gasteiger partial charge in [-0.05, 0) is 26.3 Å². The predicted molar refractivity (Wildman–Crippen MR) is 108 cm³/mol. The number of ketones is 1. The number of carbonyl (C=O) groups excluding carboxylic acids is 3. The van der Waals surface area contributed by atoms with Crippen LogP contribution in [0.2, 0.25) is 0 Å². The first-order valence-electron chi connectivity index (χ1n) is 8.69. The number of carbonyl (C=O) groups is 3. The summed E-state index contributed by atoms with van der Waals surface area (Å²) in [5, 5.41) is 3.27. The molecule has 0 saturated heterocycles. The minimum Gasteiger partial charge on any atom is -0.454 e. The van der Waals surface area contributed by atoms with Gasteiger partial charge in [0.15, 0.2) is 12.4 Å². The zero-order chi connectivity index (χ0) is 20.4. The highest BCUT2D eigenvalue weighted by Crippen LogP contribution is 2.34. The normalized spacial score (nSPS) is 11.2. The molecule has 0 aliphatic carbocycles. The third-order valence-electron chi connectivity index (χ3n) is 4.21. The summed E-state index contributed by atoms with van der Waals surface area (Å²) >= 11 is 1.33. The third kappa shape index (κ3) is 5.04. The van der Waals surface area contributed by atoms with Crippen LogP contribution in [0, 0.1) is 26.2 Å². The Labute approximate surface area is 163 Å². The van der Waals surface area contributed by atoms with Gasteiger partial charge < -0.3 is 10.1 Å². The first-order chi connectivity index (χ1) is 12.5. The van der Waals surface area contributed by atoms with Crippen molar-refractivity contribution >= 4 is 34.0 Å². The number of benzene rings is 1. The van der Waals surface area contributed by atoms with Crippen LogP contribution in [-0.4, -0.2) is 24.3 Å². The van der Waals surface area contributed by atoms with Crippen LogP contribution in [0.15, 0.2) is 24.3 Å². The molecule has 0 saturated carbocycles. The van der Waals surface area contributed by atoms with E-state index >= 15 is 0 Å². The standard InChI is InChI=1S/C21H25NO4S/c1-12-7-9-15(10-8-12)16(23)11-26-19(24)17-13(2)14(3)27-18(17)22-20(25)21(4,5)6/h7-10H,11H2,1-6H3,(H,22,25). The van der Waals surface area contributed by atoms with Crippen molar-refractivity contribution in [1.82, 2.24) is 0 Å². The van der Waals surface area contributed by atoms with Gasteiger partial charge in [0.05, 0.1) is 5.56 Å². The average molecular weight is 388 g/mol. The van der Waals surface area contributed by atoms with E-state index in [-0.39, 0.29) is 18.3 Å². The number of thiophene rings is 1. The molecule has 2 rings (SSSR count). The highest BCUT2D eigenvalue weighted by Gasteiger charge is 2.27. The maximum Gasteiger partial charge on any atom is 0.341 e. The molecule has 2 aromatic rings. The Hall–Kier alpha value is -2.47. The highest BCUT2D eigenvalue weighted by atomic mass is 32.1. The number of aryl methyl sites for hydroxylation is 2. The summed E-state index contributed by atoms with van der Waals surface area (Å²) in [4.78, 5) is 38.0. The lowest BCUT2D eigenvalue weighted by molar-refractivity contribution is -0.123. The first-order valence-corrected chi connectivity index (χ1v) is 9.50. The summed E-state index contributed by atoms with van der Waals surface area (Å²) in [5.74, 6) is -1.07. The van der Waals surface area contributed by atoms with Crippen LogP contribution in [0.3, 0.4) is 0 Å². The molecule has 0 aliphatic heterocycles. The zero-order valence-electron chi connectivity index (χ0n) is 16.6. The van der Waals surface area contributed by atoms with Crippen LogP contribution in [0.25, 0.3) is 0 Å². The molecule has 27 heavy (non-hydrogen) atoms. The number of rotatable bonds is 5. The van der Waals surface area contributed by atoms with Crippen molar-refractivity contribution in [2.45, 2.75) is 41.5 Å². The SMILES string of the molecule is Cc1ccc(C(=O)COC(=O)c2c(NC(=O)C(C)(C)C)sc(C)c2C)cc1. The summed E-state index contributed by atoms with van der Waals surface area (Å²) in [6.07, 6.45) is 0. The fraction of sp³-hybridized carbons (Fsp3) is 0.381. The minimum atomic E-state index is -0.610. The van der Waals surface area contributed by atoms with Crippen molar-refractivity contribution < 1.29 is 19.1 Å². The van der Waals surface area contributed by atoms with Gasteiger partial charge >= 0.3 is 5.97 Å². The zero-order valence-corrected chi connectivity index (χ0v) is 17.4. The summed E-state index contributed by atoms with van der Waals surface area (Å²) in [5.41, 5.74) is 2.01. The summed E-state index contributed by atoms with van der Waals surface area (Å²) in [6.45, 7) is 10.7. The van der Waals surface area contributed by atoms with Crippen molar-refractivity contribution in [2.75, 3.05) is 11.9 Å². The van der Waals surface area contributed by atoms with E-state index in [9.17, 15) is 14.4 Å². The van der Waals surface area contributed by atoms with Crippen LogP contribution in [0.1, 0.15) is 57.5 Å². The first kappa shape index (κ1) is 20.8. The Kier molecular flexibility index (Phi) is 6.21. The second-order valence-electron chi connectivity index (χ2n) is 7.56. The van der Waals surface area contributed by atoms with Gasteiger partial charge in [0.2, 0.25) is 5.91 Å². The van der Waals surface area contributed by atoms with Crippen LogP contribution in [0.5, 0.6) is 0 Å². The molecule has 0 bridgehead atoms. The van der Waals surface area contributed by atoms with Crippen molar-refractivity contribution in [3.63, 3.8) is 0 Å². The number of hydrogen-bond acceptors (Lipinski definition) is 5. The summed E-state index contributed by atoms with van der Waals surface area (Å²) in [7, 11) is 0. The molecule has 1 aromatic carbocycles. The van der Waals surface area contributed by atoms with E-state index in [1.54, 1.807) is 39.8 Å². The number of nitrogens with one attached hydrogen (secondary N) is 1. The molecular formula is C21H25NO4S. The molecule has 1 amide bonds. The van der Waals surface area contributed by atoms with Gasteiger partial charge in [-0.1, -0.05) is 50.6 Å². The second kappa shape index (κ2) is 8.05. The van der Waals surface area contributed by atoms with E-state index in [2.05, 4.69) is 5.32 Å². The van der Waals surface area contributed by atoms with Gasteiger partial charge in [-0.2, -0.15) is 0 Å². The van der Waals surface area contributed by atoms with Gasteiger partial charge in [-0.25, -0.2) is 4.79 Å². The Morgan fingerprint density at radius 2 is 1.63 bits per heavy atom. The lowest BCUT2D eigenvalue weighted by Gasteiger charge is -2.17. The number of hydrogen-bond donors (Lipinski definition) is 1. The van der Waals surface area contributed by atoms with Gasteiger partial charge in [-0.3, -0.25) is 9.59 Å². The van der Waals surface area contributed by atoms with Crippen LogP contribution in [-0.2, 0) is 9.53 Å². The maximum absolute atomic E-state index is 12.6. The number of esters is 1. The van der Waals surface area contributed by atoms with E-state index in [0.717, 1.165) is 16.0 Å². The van der Waals surface area contributed by atoms with Crippen LogP contribution >= 0.6 is 11.3 Å². The van der Waals surface area contributed by atoms with Crippen LogP contribution < -0.4 is 5.32 Å². The predicted octanol–water partition coefficient (Wildman–Crippen LogP) is 4.70. The lowest BCUT2D eigenvalue weighted by atomic mass is 9.96. The topological polar surface area (TPSA) is 72.5 Å². The van der Waals surface area contributed by atoms with E-state index in [0.29, 0.717) is 16.1 Å². The third-order valence-corrected chi connectivity index (χ3v) is 5.33. The Morgan fingerprint density at radius 1 is 1.04 bits per heavy atom. The van der Waals surface area contributed by atoms with Crippen molar-refractivity contribution in [3.8, 4) is 0 Å². The minimum absolute atomic E-state index is 0.187. The van der Waals surface area contributed by atoms with E-state index < -0.39 is 11.4 Å². The average Bonchev–Trinajstić information content (AvgIpc) is 2.86. The summed E-state index contributed by atoms with van der Waals surface area (Å²) in [6, 6.07) is 7.09. The number of ether oxygens (including phenoxy) is 1. The summed E-state index contributed by atoms with van der Waals surface area (Å²) < 4.78 is 5.24. The molecule has 0 radical (unpaired) electrons. The van der Waals surface area contributed by atoms with E-state index in [1.165, 1.54) is 11.3 Å². The van der Waals surface area contributed by atoms with Gasteiger partial charge in [0.1, 0.15) is 5.00 Å². The molecule has 0 aliphatic rings. The highest BCUT2D eigenvalue weighted by molar-refractivity contribution is 7.16.